The standard InChI is InChI=1S/C11H14N2OS/c1-2-5-10(14)13-9-7-4-3-6-8(9)11(12)15/h3-4,6-7H,2,5H2,1H3,(H2,12,15)(H,13,14). The number of thiocarbonyl (C=S) groups is 1. The van der Waals surface area contributed by atoms with Crippen molar-refractivity contribution >= 4 is 28.8 Å². The summed E-state index contributed by atoms with van der Waals surface area (Å²) < 4.78 is 0. The first-order valence-electron chi connectivity index (χ1n) is 4.83. The molecule has 3 N–H and O–H groups in total. The van der Waals surface area contributed by atoms with Crippen molar-refractivity contribution in [2.75, 3.05) is 5.32 Å². The Kier molecular flexibility index (Phi) is 4.24. The number of nitrogens with two attached hydrogens (primary N) is 1. The fourth-order valence-corrected chi connectivity index (χ4v) is 1.42. The Labute approximate surface area is 94.7 Å². The van der Waals surface area contributed by atoms with E-state index in [-0.39, 0.29) is 5.91 Å². The Bertz CT molecular complexity index is 377. The third-order valence-electron chi connectivity index (χ3n) is 1.94. The average Bonchev–Trinajstić information content (AvgIpc) is 2.18. The van der Waals surface area contributed by atoms with Crippen molar-refractivity contribution in [3.63, 3.8) is 0 Å². The summed E-state index contributed by atoms with van der Waals surface area (Å²) in [5.41, 5.74) is 6.93. The van der Waals surface area contributed by atoms with Gasteiger partial charge in [-0.3, -0.25) is 4.79 Å². The maximum Gasteiger partial charge on any atom is 0.224 e. The molecule has 0 spiro atoms. The second-order valence-corrected chi connectivity index (χ2v) is 3.65. The minimum Gasteiger partial charge on any atom is -0.389 e. The van der Waals surface area contributed by atoms with Crippen LogP contribution in [0.1, 0.15) is 25.3 Å². The van der Waals surface area contributed by atoms with Crippen LogP contribution >= 0.6 is 12.2 Å². The van der Waals surface area contributed by atoms with Crippen LogP contribution in [0.15, 0.2) is 24.3 Å². The number of benzene rings is 1. The third kappa shape index (κ3) is 3.32. The van der Waals surface area contributed by atoms with Crippen LogP contribution < -0.4 is 11.1 Å². The van der Waals surface area contributed by atoms with Crippen molar-refractivity contribution in [2.24, 2.45) is 5.73 Å². The van der Waals surface area contributed by atoms with Gasteiger partial charge in [0.15, 0.2) is 0 Å². The van der Waals surface area contributed by atoms with Gasteiger partial charge in [0.05, 0.1) is 5.69 Å². The molecule has 0 aliphatic rings. The number of nitrogens with one attached hydrogen (secondary N) is 1. The number of amides is 1. The zero-order valence-electron chi connectivity index (χ0n) is 8.62. The molecule has 0 unspecified atom stereocenters. The molecule has 0 aliphatic carbocycles. The molecule has 0 atom stereocenters. The van der Waals surface area contributed by atoms with E-state index in [0.29, 0.717) is 22.7 Å². The fourth-order valence-electron chi connectivity index (χ4n) is 1.25. The van der Waals surface area contributed by atoms with Crippen LogP contribution in [0.2, 0.25) is 0 Å². The largest absolute Gasteiger partial charge is 0.389 e. The molecule has 80 valence electrons. The van der Waals surface area contributed by atoms with Crippen LogP contribution in [0.25, 0.3) is 0 Å². The van der Waals surface area contributed by atoms with E-state index in [1.165, 1.54) is 0 Å². The van der Waals surface area contributed by atoms with E-state index in [1.54, 1.807) is 12.1 Å². The van der Waals surface area contributed by atoms with Gasteiger partial charge in [0, 0.05) is 12.0 Å². The van der Waals surface area contributed by atoms with E-state index in [0.717, 1.165) is 6.42 Å². The predicted molar refractivity (Wildman–Crippen MR) is 65.9 cm³/mol. The van der Waals surface area contributed by atoms with Crippen molar-refractivity contribution in [3.8, 4) is 0 Å². The quantitative estimate of drug-likeness (QED) is 0.767. The van der Waals surface area contributed by atoms with E-state index in [9.17, 15) is 4.79 Å². The topological polar surface area (TPSA) is 55.1 Å². The molecule has 1 rings (SSSR count). The summed E-state index contributed by atoms with van der Waals surface area (Å²) in [5, 5.41) is 2.79. The molecule has 4 heteroatoms. The van der Waals surface area contributed by atoms with Gasteiger partial charge >= 0.3 is 0 Å². The van der Waals surface area contributed by atoms with Gasteiger partial charge in [-0.25, -0.2) is 0 Å². The van der Waals surface area contributed by atoms with Gasteiger partial charge in [-0.1, -0.05) is 31.3 Å². The molecule has 1 aromatic rings. The summed E-state index contributed by atoms with van der Waals surface area (Å²) in [5.74, 6) is -0.0128. The molecule has 0 fully saturated rings. The molecule has 0 aromatic heterocycles. The van der Waals surface area contributed by atoms with Gasteiger partial charge in [0.1, 0.15) is 4.99 Å². The van der Waals surface area contributed by atoms with Crippen LogP contribution in [-0.4, -0.2) is 10.9 Å². The second kappa shape index (κ2) is 5.46. The Morgan fingerprint density at radius 1 is 1.47 bits per heavy atom. The first kappa shape index (κ1) is 11.7. The highest BCUT2D eigenvalue weighted by Gasteiger charge is 2.06. The first-order valence-corrected chi connectivity index (χ1v) is 5.24. The number of hydrogen-bond acceptors (Lipinski definition) is 2. The van der Waals surface area contributed by atoms with Crippen molar-refractivity contribution < 1.29 is 4.79 Å². The number of carbonyl (C=O) groups is 1. The molecular weight excluding hydrogens is 208 g/mol. The van der Waals surface area contributed by atoms with Gasteiger partial charge in [-0.2, -0.15) is 0 Å². The number of anilines is 1. The van der Waals surface area contributed by atoms with E-state index < -0.39 is 0 Å². The summed E-state index contributed by atoms with van der Waals surface area (Å²) >= 11 is 4.89. The summed E-state index contributed by atoms with van der Waals surface area (Å²) in [6.07, 6.45) is 1.33. The van der Waals surface area contributed by atoms with Crippen LogP contribution in [0, 0.1) is 0 Å². The molecule has 0 heterocycles. The second-order valence-electron chi connectivity index (χ2n) is 3.21. The normalized spacial score (nSPS) is 9.67. The Hall–Kier alpha value is -1.42. The van der Waals surface area contributed by atoms with Crippen LogP contribution in [0.4, 0.5) is 5.69 Å². The Morgan fingerprint density at radius 2 is 2.13 bits per heavy atom. The summed E-state index contributed by atoms with van der Waals surface area (Å²) in [6.45, 7) is 1.96. The molecule has 0 radical (unpaired) electrons. The number of hydrogen-bond donors (Lipinski definition) is 2. The molecule has 15 heavy (non-hydrogen) atoms. The van der Waals surface area contributed by atoms with E-state index in [4.69, 9.17) is 18.0 Å². The average molecular weight is 222 g/mol. The minimum absolute atomic E-state index is 0.0128. The van der Waals surface area contributed by atoms with Crippen molar-refractivity contribution in [3.05, 3.63) is 29.8 Å². The van der Waals surface area contributed by atoms with E-state index in [1.807, 2.05) is 19.1 Å². The lowest BCUT2D eigenvalue weighted by Crippen LogP contribution is -2.16. The smallest absolute Gasteiger partial charge is 0.224 e. The van der Waals surface area contributed by atoms with Crippen LogP contribution in [0.5, 0.6) is 0 Å². The van der Waals surface area contributed by atoms with Gasteiger partial charge in [0.25, 0.3) is 0 Å². The van der Waals surface area contributed by atoms with E-state index >= 15 is 0 Å². The summed E-state index contributed by atoms with van der Waals surface area (Å²) in [4.78, 5) is 11.7. The van der Waals surface area contributed by atoms with Crippen LogP contribution in [0.3, 0.4) is 0 Å². The SMILES string of the molecule is CCCC(=O)Nc1ccccc1C(N)=S. The van der Waals surface area contributed by atoms with E-state index in [2.05, 4.69) is 5.32 Å². The van der Waals surface area contributed by atoms with Crippen molar-refractivity contribution in [1.82, 2.24) is 0 Å². The van der Waals surface area contributed by atoms with Gasteiger partial charge < -0.3 is 11.1 Å². The molecule has 0 saturated carbocycles. The number of rotatable bonds is 4. The molecule has 1 amide bonds. The fraction of sp³-hybridized carbons (Fsp3) is 0.273. The highest BCUT2D eigenvalue weighted by molar-refractivity contribution is 7.80. The summed E-state index contributed by atoms with van der Waals surface area (Å²) in [7, 11) is 0. The lowest BCUT2D eigenvalue weighted by atomic mass is 10.1. The Balaban J connectivity index is 2.84. The van der Waals surface area contributed by atoms with Crippen molar-refractivity contribution in [1.29, 1.82) is 0 Å². The minimum atomic E-state index is -0.0128. The van der Waals surface area contributed by atoms with Gasteiger partial charge in [-0.05, 0) is 18.6 Å². The zero-order valence-corrected chi connectivity index (χ0v) is 9.43. The number of carbonyl (C=O) groups excluding carboxylic acids is 1. The molecule has 0 bridgehead atoms. The van der Waals surface area contributed by atoms with Gasteiger partial charge in [-0.15, -0.1) is 0 Å². The highest BCUT2D eigenvalue weighted by atomic mass is 32.1. The van der Waals surface area contributed by atoms with Crippen molar-refractivity contribution in [2.45, 2.75) is 19.8 Å². The first-order chi connectivity index (χ1) is 7.15. The monoisotopic (exact) mass is 222 g/mol. The molecular formula is C11H14N2OS. The highest BCUT2D eigenvalue weighted by Crippen LogP contribution is 2.15. The lowest BCUT2D eigenvalue weighted by Gasteiger charge is -2.09. The Morgan fingerprint density at radius 3 is 2.73 bits per heavy atom. The maximum atomic E-state index is 11.4. The molecule has 0 saturated heterocycles. The summed E-state index contributed by atoms with van der Waals surface area (Å²) in [6, 6.07) is 7.26. The van der Waals surface area contributed by atoms with Gasteiger partial charge in [0.2, 0.25) is 5.91 Å². The number of para-hydroxylation sites is 1. The molecule has 1 aromatic carbocycles. The van der Waals surface area contributed by atoms with Crippen LogP contribution in [-0.2, 0) is 4.79 Å². The predicted octanol–water partition coefficient (Wildman–Crippen LogP) is 2.06. The zero-order chi connectivity index (χ0) is 11.3. The lowest BCUT2D eigenvalue weighted by molar-refractivity contribution is -0.116. The molecule has 3 nitrogen and oxygen atoms in total. The molecule has 0 aliphatic heterocycles. The third-order valence-corrected chi connectivity index (χ3v) is 2.16. The maximum absolute atomic E-state index is 11.4.